The number of nitro groups is 1. The Hall–Kier alpha value is -4.16. The van der Waals surface area contributed by atoms with Crippen LogP contribution in [0.4, 0.5) is 10.1 Å². The fraction of sp³-hybridized carbons (Fsp3) is 0. The molecule has 0 fully saturated rings. The molecule has 0 aliphatic carbocycles. The van der Waals surface area contributed by atoms with Gasteiger partial charge in [-0.25, -0.2) is 9.37 Å². The van der Waals surface area contributed by atoms with Gasteiger partial charge in [0.05, 0.1) is 28.1 Å². The van der Waals surface area contributed by atoms with Crippen LogP contribution in [0.25, 0.3) is 34.2 Å². The number of nitrogens with zero attached hydrogens (tertiary/aromatic N) is 4. The number of nitriles is 1. The van der Waals surface area contributed by atoms with Crippen LogP contribution in [0.2, 0.25) is 0 Å². The van der Waals surface area contributed by atoms with Crippen molar-refractivity contribution in [2.24, 2.45) is 0 Å². The molecule has 4 rings (SSSR count). The quantitative estimate of drug-likeness (QED) is 0.269. The van der Waals surface area contributed by atoms with Crippen molar-refractivity contribution in [3.05, 3.63) is 86.6 Å². The van der Waals surface area contributed by atoms with Crippen LogP contribution in [0.5, 0.6) is 0 Å². The summed E-state index contributed by atoms with van der Waals surface area (Å²) in [5.41, 5.74) is 3.41. The van der Waals surface area contributed by atoms with E-state index >= 15 is 0 Å². The van der Waals surface area contributed by atoms with Crippen LogP contribution in [-0.2, 0) is 0 Å². The van der Waals surface area contributed by atoms with Gasteiger partial charge in [0.2, 0.25) is 0 Å². The standard InChI is InChI=1S/C21H12FN5O2S/c22-17-6-4-13(5-7-17)19-12-30-21(25-19)15(10-23)8-16-11-24-26-20(16)14-2-1-3-18(9-14)27(28)29/h1-9,11-12H,(H,24,26)/b15-8-. The van der Waals surface area contributed by atoms with Gasteiger partial charge in [0.15, 0.2) is 0 Å². The topological polar surface area (TPSA) is 108 Å². The minimum atomic E-state index is -0.470. The Kier molecular flexibility index (Phi) is 5.15. The summed E-state index contributed by atoms with van der Waals surface area (Å²) in [5.74, 6) is -0.333. The van der Waals surface area contributed by atoms with E-state index in [1.807, 2.05) is 0 Å². The maximum Gasteiger partial charge on any atom is 0.270 e. The minimum absolute atomic E-state index is 0.0404. The third-order valence-electron chi connectivity index (χ3n) is 4.31. The van der Waals surface area contributed by atoms with Crippen molar-refractivity contribution < 1.29 is 9.31 Å². The Morgan fingerprint density at radius 1 is 1.23 bits per heavy atom. The molecule has 0 unspecified atom stereocenters. The first-order valence-corrected chi connectivity index (χ1v) is 9.55. The number of H-pyrrole nitrogens is 1. The van der Waals surface area contributed by atoms with Gasteiger partial charge in [-0.2, -0.15) is 10.4 Å². The van der Waals surface area contributed by atoms with E-state index in [-0.39, 0.29) is 11.5 Å². The maximum absolute atomic E-state index is 13.1. The van der Waals surface area contributed by atoms with E-state index in [4.69, 9.17) is 0 Å². The van der Waals surface area contributed by atoms with Crippen LogP contribution >= 0.6 is 11.3 Å². The van der Waals surface area contributed by atoms with Crippen LogP contribution in [0, 0.1) is 27.3 Å². The second kappa shape index (κ2) is 8.06. The molecule has 0 radical (unpaired) electrons. The zero-order chi connectivity index (χ0) is 21.1. The van der Waals surface area contributed by atoms with E-state index in [1.165, 1.54) is 35.6 Å². The van der Waals surface area contributed by atoms with E-state index < -0.39 is 4.92 Å². The zero-order valence-corrected chi connectivity index (χ0v) is 16.1. The molecular formula is C21H12FN5O2S. The van der Waals surface area contributed by atoms with Crippen molar-refractivity contribution >= 4 is 28.7 Å². The summed E-state index contributed by atoms with van der Waals surface area (Å²) in [4.78, 5) is 15.1. The normalized spacial score (nSPS) is 11.3. The smallest absolute Gasteiger partial charge is 0.270 e. The molecule has 30 heavy (non-hydrogen) atoms. The van der Waals surface area contributed by atoms with E-state index in [1.54, 1.807) is 41.9 Å². The molecule has 2 aromatic heterocycles. The Labute approximate surface area is 173 Å². The summed E-state index contributed by atoms with van der Waals surface area (Å²) in [6.45, 7) is 0. The molecule has 4 aromatic rings. The van der Waals surface area contributed by atoms with Gasteiger partial charge in [-0.15, -0.1) is 11.3 Å². The average Bonchev–Trinajstić information content (AvgIpc) is 3.42. The molecule has 2 aromatic carbocycles. The lowest BCUT2D eigenvalue weighted by atomic mass is 10.1. The molecule has 0 bridgehead atoms. The second-order valence-electron chi connectivity index (χ2n) is 6.22. The van der Waals surface area contributed by atoms with Gasteiger partial charge in [0.1, 0.15) is 16.9 Å². The molecule has 0 atom stereocenters. The summed E-state index contributed by atoms with van der Waals surface area (Å²) in [6, 6.07) is 14.2. The predicted molar refractivity (Wildman–Crippen MR) is 112 cm³/mol. The second-order valence-corrected chi connectivity index (χ2v) is 7.08. The maximum atomic E-state index is 13.1. The van der Waals surface area contributed by atoms with Gasteiger partial charge in [-0.3, -0.25) is 15.2 Å². The zero-order valence-electron chi connectivity index (χ0n) is 15.2. The molecule has 9 heteroatoms. The molecule has 7 nitrogen and oxygen atoms in total. The summed E-state index contributed by atoms with van der Waals surface area (Å²) >= 11 is 1.30. The number of allylic oxidation sites excluding steroid dienone is 1. The third kappa shape index (κ3) is 3.85. The van der Waals surface area contributed by atoms with Gasteiger partial charge in [-0.1, -0.05) is 12.1 Å². The van der Waals surface area contributed by atoms with Gasteiger partial charge in [0.25, 0.3) is 5.69 Å². The van der Waals surface area contributed by atoms with Gasteiger partial charge in [-0.05, 0) is 30.3 Å². The highest BCUT2D eigenvalue weighted by molar-refractivity contribution is 7.11. The first-order valence-electron chi connectivity index (χ1n) is 8.67. The van der Waals surface area contributed by atoms with Crippen molar-refractivity contribution in [2.75, 3.05) is 0 Å². The Bertz CT molecular complexity index is 1300. The van der Waals surface area contributed by atoms with E-state index in [0.717, 1.165) is 5.56 Å². The Morgan fingerprint density at radius 2 is 2.03 bits per heavy atom. The molecule has 0 spiro atoms. The van der Waals surface area contributed by atoms with Crippen molar-refractivity contribution in [2.45, 2.75) is 0 Å². The number of hydrogen-bond donors (Lipinski definition) is 1. The van der Waals surface area contributed by atoms with Crippen LogP contribution in [0.1, 0.15) is 10.6 Å². The average molecular weight is 417 g/mol. The molecule has 0 saturated heterocycles. The highest BCUT2D eigenvalue weighted by Gasteiger charge is 2.14. The number of nitro benzene ring substituents is 1. The highest BCUT2D eigenvalue weighted by atomic mass is 32.1. The summed E-state index contributed by atoms with van der Waals surface area (Å²) in [7, 11) is 0. The summed E-state index contributed by atoms with van der Waals surface area (Å²) in [5, 5.41) is 29.8. The lowest BCUT2D eigenvalue weighted by molar-refractivity contribution is -0.384. The number of benzene rings is 2. The summed E-state index contributed by atoms with van der Waals surface area (Å²) in [6.07, 6.45) is 3.17. The number of halogens is 1. The molecule has 146 valence electrons. The van der Waals surface area contributed by atoms with Crippen LogP contribution < -0.4 is 0 Å². The number of non-ortho nitro benzene ring substituents is 1. The molecule has 0 aliphatic rings. The number of rotatable bonds is 5. The summed E-state index contributed by atoms with van der Waals surface area (Å²) < 4.78 is 13.1. The van der Waals surface area contributed by atoms with E-state index in [9.17, 15) is 19.8 Å². The third-order valence-corrected chi connectivity index (χ3v) is 5.18. The number of hydrogen-bond acceptors (Lipinski definition) is 6. The van der Waals surface area contributed by atoms with Crippen molar-refractivity contribution in [3.63, 3.8) is 0 Å². The van der Waals surface area contributed by atoms with Crippen molar-refractivity contribution in [1.82, 2.24) is 15.2 Å². The van der Waals surface area contributed by atoms with Gasteiger partial charge >= 0.3 is 0 Å². The van der Waals surface area contributed by atoms with Crippen LogP contribution in [0.15, 0.2) is 60.1 Å². The van der Waals surface area contributed by atoms with E-state index in [0.29, 0.717) is 33.1 Å². The van der Waals surface area contributed by atoms with Crippen LogP contribution in [-0.4, -0.2) is 20.1 Å². The number of aromatic nitrogens is 3. The first-order chi connectivity index (χ1) is 14.5. The van der Waals surface area contributed by atoms with Gasteiger partial charge < -0.3 is 0 Å². The van der Waals surface area contributed by atoms with Crippen molar-refractivity contribution in [1.29, 1.82) is 5.26 Å². The molecule has 0 saturated carbocycles. The fourth-order valence-electron chi connectivity index (χ4n) is 2.86. The molecule has 1 N–H and O–H groups in total. The number of aromatic amines is 1. The number of thiazole rings is 1. The monoisotopic (exact) mass is 417 g/mol. The van der Waals surface area contributed by atoms with Crippen LogP contribution in [0.3, 0.4) is 0 Å². The molecule has 2 heterocycles. The molecule has 0 amide bonds. The lowest BCUT2D eigenvalue weighted by Crippen LogP contribution is -1.89. The fourth-order valence-corrected chi connectivity index (χ4v) is 3.65. The molecular weight excluding hydrogens is 405 g/mol. The largest absolute Gasteiger partial charge is 0.277 e. The molecule has 0 aliphatic heterocycles. The highest BCUT2D eigenvalue weighted by Crippen LogP contribution is 2.30. The number of nitrogens with one attached hydrogen (secondary N) is 1. The lowest BCUT2D eigenvalue weighted by Gasteiger charge is -2.01. The SMILES string of the molecule is N#C/C(=C/c1cn[nH]c1-c1cccc([N+](=O)[O-])c1)c1nc(-c2ccc(F)cc2)cs1. The minimum Gasteiger partial charge on any atom is -0.277 e. The van der Waals surface area contributed by atoms with Crippen molar-refractivity contribution in [3.8, 4) is 28.6 Å². The predicted octanol–water partition coefficient (Wildman–Crippen LogP) is 5.31. The van der Waals surface area contributed by atoms with Gasteiger partial charge in [0, 0.05) is 34.2 Å². The Balaban J connectivity index is 1.69. The van der Waals surface area contributed by atoms with E-state index in [2.05, 4.69) is 21.3 Å². The first kappa shape index (κ1) is 19.2. The Morgan fingerprint density at radius 3 is 2.77 bits per heavy atom.